The van der Waals surface area contributed by atoms with E-state index < -0.39 is 0 Å². The van der Waals surface area contributed by atoms with Gasteiger partial charge in [-0.2, -0.15) is 5.26 Å². The maximum atomic E-state index is 8.65. The van der Waals surface area contributed by atoms with Crippen LogP contribution in [-0.4, -0.2) is 9.55 Å². The summed E-state index contributed by atoms with van der Waals surface area (Å²) in [6, 6.07) is 6.61. The van der Waals surface area contributed by atoms with Gasteiger partial charge in [-0.3, -0.25) is 0 Å². The first-order chi connectivity index (χ1) is 9.17. The van der Waals surface area contributed by atoms with Crippen LogP contribution >= 0.6 is 0 Å². The van der Waals surface area contributed by atoms with Crippen molar-refractivity contribution >= 4 is 11.0 Å². The van der Waals surface area contributed by atoms with Crippen molar-refractivity contribution in [2.24, 2.45) is 0 Å². The Balaban J connectivity index is 2.44. The first-order valence-corrected chi connectivity index (χ1v) is 7.00. The van der Waals surface area contributed by atoms with E-state index in [-0.39, 0.29) is 0 Å². The van der Waals surface area contributed by atoms with Crippen molar-refractivity contribution in [1.29, 1.82) is 5.26 Å². The van der Waals surface area contributed by atoms with Crippen molar-refractivity contribution in [2.45, 2.75) is 53.0 Å². The zero-order chi connectivity index (χ0) is 13.8. The standard InChI is InChI=1S/C16H21N3/c1-4-9-19-15-11-13(3)12(2)10-14(15)18-16(19)7-5-6-8-17/h10-11H,4-7,9H2,1-3H3. The van der Waals surface area contributed by atoms with Gasteiger partial charge in [0.1, 0.15) is 5.82 Å². The predicted molar refractivity (Wildman–Crippen MR) is 78.0 cm³/mol. The molecule has 1 aromatic carbocycles. The first-order valence-electron chi connectivity index (χ1n) is 7.00. The SMILES string of the molecule is CCCn1c(CCCC#N)nc2cc(C)c(C)cc21. The van der Waals surface area contributed by atoms with Crippen LogP contribution in [0.5, 0.6) is 0 Å². The molecule has 19 heavy (non-hydrogen) atoms. The molecule has 0 aliphatic rings. The Hall–Kier alpha value is -1.82. The first kappa shape index (κ1) is 13.6. The molecule has 0 amide bonds. The molecule has 3 heteroatoms. The van der Waals surface area contributed by atoms with Gasteiger partial charge in [0, 0.05) is 19.4 Å². The van der Waals surface area contributed by atoms with Crippen LogP contribution in [0.2, 0.25) is 0 Å². The van der Waals surface area contributed by atoms with Crippen molar-refractivity contribution < 1.29 is 0 Å². The van der Waals surface area contributed by atoms with Crippen molar-refractivity contribution in [3.8, 4) is 6.07 Å². The molecule has 0 spiro atoms. The number of aromatic nitrogens is 2. The minimum atomic E-state index is 0.605. The fourth-order valence-electron chi connectivity index (χ4n) is 2.42. The molecule has 0 aliphatic heterocycles. The Kier molecular flexibility index (Phi) is 4.21. The van der Waals surface area contributed by atoms with Crippen molar-refractivity contribution in [2.75, 3.05) is 0 Å². The molecule has 0 saturated carbocycles. The number of aryl methyl sites for hydroxylation is 4. The average Bonchev–Trinajstić information content (AvgIpc) is 2.69. The lowest BCUT2D eigenvalue weighted by atomic mass is 10.1. The van der Waals surface area contributed by atoms with Gasteiger partial charge in [0.15, 0.2) is 0 Å². The van der Waals surface area contributed by atoms with Crippen LogP contribution in [0.15, 0.2) is 12.1 Å². The van der Waals surface area contributed by atoms with Gasteiger partial charge in [0.2, 0.25) is 0 Å². The number of imidazole rings is 1. The van der Waals surface area contributed by atoms with Crippen LogP contribution in [0.25, 0.3) is 11.0 Å². The third-order valence-electron chi connectivity index (χ3n) is 3.58. The fourth-order valence-corrected chi connectivity index (χ4v) is 2.42. The molecule has 0 N–H and O–H groups in total. The van der Waals surface area contributed by atoms with E-state index in [0.29, 0.717) is 6.42 Å². The number of hydrogen-bond acceptors (Lipinski definition) is 2. The molecule has 1 aromatic heterocycles. The van der Waals surface area contributed by atoms with Gasteiger partial charge < -0.3 is 4.57 Å². The number of nitriles is 1. The Morgan fingerprint density at radius 3 is 2.68 bits per heavy atom. The lowest BCUT2D eigenvalue weighted by Crippen LogP contribution is -2.03. The van der Waals surface area contributed by atoms with E-state index in [1.165, 1.54) is 16.6 Å². The van der Waals surface area contributed by atoms with E-state index in [1.54, 1.807) is 0 Å². The second-order valence-corrected chi connectivity index (χ2v) is 5.12. The van der Waals surface area contributed by atoms with Gasteiger partial charge in [-0.15, -0.1) is 0 Å². The lowest BCUT2D eigenvalue weighted by Gasteiger charge is -2.08. The quantitative estimate of drug-likeness (QED) is 0.760. The minimum Gasteiger partial charge on any atom is -0.328 e. The van der Waals surface area contributed by atoms with Gasteiger partial charge in [-0.05, 0) is 49.9 Å². The van der Waals surface area contributed by atoms with E-state index in [0.717, 1.165) is 37.1 Å². The number of rotatable bonds is 5. The third-order valence-corrected chi connectivity index (χ3v) is 3.58. The summed E-state index contributed by atoms with van der Waals surface area (Å²) in [4.78, 5) is 4.76. The van der Waals surface area contributed by atoms with E-state index in [9.17, 15) is 0 Å². The second-order valence-electron chi connectivity index (χ2n) is 5.12. The Labute approximate surface area is 114 Å². The highest BCUT2D eigenvalue weighted by atomic mass is 15.1. The van der Waals surface area contributed by atoms with Gasteiger partial charge in [-0.25, -0.2) is 4.98 Å². The summed E-state index contributed by atoms with van der Waals surface area (Å²) in [5, 5.41) is 8.65. The summed E-state index contributed by atoms with van der Waals surface area (Å²) in [7, 11) is 0. The number of fused-ring (bicyclic) bond motifs is 1. The molecule has 2 rings (SSSR count). The van der Waals surface area contributed by atoms with Crippen molar-refractivity contribution in [1.82, 2.24) is 9.55 Å². The summed E-state index contributed by atoms with van der Waals surface area (Å²) in [5.74, 6) is 1.12. The zero-order valence-electron chi connectivity index (χ0n) is 12.0. The maximum Gasteiger partial charge on any atom is 0.109 e. The lowest BCUT2D eigenvalue weighted by molar-refractivity contribution is 0.640. The molecule has 0 saturated heterocycles. The molecule has 0 atom stereocenters. The van der Waals surface area contributed by atoms with Gasteiger partial charge in [-0.1, -0.05) is 6.92 Å². The molecule has 1 heterocycles. The smallest absolute Gasteiger partial charge is 0.109 e. The summed E-state index contributed by atoms with van der Waals surface area (Å²) >= 11 is 0. The molecule has 2 aromatic rings. The number of nitrogens with zero attached hydrogens (tertiary/aromatic N) is 3. The van der Waals surface area contributed by atoms with Crippen LogP contribution in [0.3, 0.4) is 0 Å². The Morgan fingerprint density at radius 2 is 2.00 bits per heavy atom. The number of hydrogen-bond donors (Lipinski definition) is 0. The van der Waals surface area contributed by atoms with Gasteiger partial charge in [0.25, 0.3) is 0 Å². The molecule has 0 aliphatic carbocycles. The average molecular weight is 255 g/mol. The molecule has 3 nitrogen and oxygen atoms in total. The minimum absolute atomic E-state index is 0.605. The van der Waals surface area contributed by atoms with Crippen LogP contribution in [-0.2, 0) is 13.0 Å². The number of benzene rings is 1. The molecule has 0 radical (unpaired) electrons. The number of unbranched alkanes of at least 4 members (excludes halogenated alkanes) is 1. The van der Waals surface area contributed by atoms with Crippen molar-refractivity contribution in [3.05, 3.63) is 29.1 Å². The van der Waals surface area contributed by atoms with Crippen LogP contribution in [0.4, 0.5) is 0 Å². The topological polar surface area (TPSA) is 41.6 Å². The van der Waals surface area contributed by atoms with E-state index >= 15 is 0 Å². The summed E-state index contributed by atoms with van der Waals surface area (Å²) in [6.45, 7) is 7.46. The van der Waals surface area contributed by atoms with Crippen LogP contribution in [0.1, 0.15) is 43.1 Å². The monoisotopic (exact) mass is 255 g/mol. The summed E-state index contributed by atoms with van der Waals surface area (Å²) in [6.07, 6.45) is 3.48. The molecule has 0 fully saturated rings. The molecular weight excluding hydrogens is 234 g/mol. The van der Waals surface area contributed by atoms with E-state index in [4.69, 9.17) is 10.2 Å². The molecule has 100 valence electrons. The molecule has 0 unspecified atom stereocenters. The third kappa shape index (κ3) is 2.78. The van der Waals surface area contributed by atoms with Crippen molar-refractivity contribution in [3.63, 3.8) is 0 Å². The highest BCUT2D eigenvalue weighted by molar-refractivity contribution is 5.78. The van der Waals surface area contributed by atoms with E-state index in [2.05, 4.69) is 43.5 Å². The Bertz CT molecular complexity index is 617. The highest BCUT2D eigenvalue weighted by Gasteiger charge is 2.11. The maximum absolute atomic E-state index is 8.65. The fraction of sp³-hybridized carbons (Fsp3) is 0.500. The van der Waals surface area contributed by atoms with Gasteiger partial charge in [0.05, 0.1) is 17.1 Å². The second kappa shape index (κ2) is 5.88. The normalized spacial score (nSPS) is 10.8. The Morgan fingerprint density at radius 1 is 1.26 bits per heavy atom. The summed E-state index contributed by atoms with van der Waals surface area (Å²) in [5.41, 5.74) is 4.92. The molecule has 0 bridgehead atoms. The predicted octanol–water partition coefficient (Wildman–Crippen LogP) is 3.91. The van der Waals surface area contributed by atoms with Gasteiger partial charge >= 0.3 is 0 Å². The molecular formula is C16H21N3. The van der Waals surface area contributed by atoms with Crippen LogP contribution in [0, 0.1) is 25.2 Å². The highest BCUT2D eigenvalue weighted by Crippen LogP contribution is 2.22. The van der Waals surface area contributed by atoms with Crippen LogP contribution < -0.4 is 0 Å². The largest absolute Gasteiger partial charge is 0.328 e. The van der Waals surface area contributed by atoms with E-state index in [1.807, 2.05) is 0 Å². The summed E-state index contributed by atoms with van der Waals surface area (Å²) < 4.78 is 2.32. The zero-order valence-corrected chi connectivity index (χ0v) is 12.0.